The first kappa shape index (κ1) is 17.4. The van der Waals surface area contributed by atoms with E-state index in [-0.39, 0.29) is 11.9 Å². The number of hydrogen-bond acceptors (Lipinski definition) is 5. The Balaban J connectivity index is 1.68. The molecule has 1 N–H and O–H groups in total. The van der Waals surface area contributed by atoms with Gasteiger partial charge in [-0.1, -0.05) is 6.07 Å². The lowest BCUT2D eigenvalue weighted by Crippen LogP contribution is -2.31. The molecule has 1 aliphatic heterocycles. The summed E-state index contributed by atoms with van der Waals surface area (Å²) in [6.07, 6.45) is 4.19. The van der Waals surface area contributed by atoms with E-state index in [0.717, 1.165) is 42.3 Å². The van der Waals surface area contributed by atoms with Crippen molar-refractivity contribution >= 4 is 17.4 Å². The Bertz CT molecular complexity index is 718. The number of hydrogen-bond donors (Lipinski definition) is 1. The fourth-order valence-electron chi connectivity index (χ4n) is 3.14. The van der Waals surface area contributed by atoms with Crippen LogP contribution in [-0.4, -0.2) is 41.0 Å². The average Bonchev–Trinajstić information content (AvgIpc) is 3.10. The third-order valence-electron chi connectivity index (χ3n) is 4.38. The van der Waals surface area contributed by atoms with E-state index in [2.05, 4.69) is 15.3 Å². The average molecular weight is 340 g/mol. The molecule has 25 heavy (non-hydrogen) atoms. The number of carbonyl (C=O) groups excluding carboxylic acids is 1. The minimum Gasteiger partial charge on any atom is -0.384 e. The molecule has 2 aromatic rings. The largest absolute Gasteiger partial charge is 0.384 e. The lowest BCUT2D eigenvalue weighted by atomic mass is 10.1. The highest BCUT2D eigenvalue weighted by molar-refractivity contribution is 5.77. The van der Waals surface area contributed by atoms with Gasteiger partial charge in [0.1, 0.15) is 5.82 Å². The Labute approximate surface area is 148 Å². The van der Waals surface area contributed by atoms with Gasteiger partial charge in [0.25, 0.3) is 0 Å². The van der Waals surface area contributed by atoms with Crippen molar-refractivity contribution in [2.45, 2.75) is 32.2 Å². The predicted octanol–water partition coefficient (Wildman–Crippen LogP) is 3.23. The Morgan fingerprint density at radius 1 is 1.36 bits per heavy atom. The second kappa shape index (κ2) is 8.07. The van der Waals surface area contributed by atoms with Crippen molar-refractivity contribution in [2.75, 3.05) is 25.6 Å². The van der Waals surface area contributed by atoms with Gasteiger partial charge < -0.3 is 15.0 Å². The third-order valence-corrected chi connectivity index (χ3v) is 4.38. The Kier molecular flexibility index (Phi) is 5.60. The molecule has 0 spiro atoms. The first-order valence-corrected chi connectivity index (χ1v) is 8.62. The van der Waals surface area contributed by atoms with Gasteiger partial charge in [-0.15, -0.1) is 0 Å². The molecule has 0 bridgehead atoms. The van der Waals surface area contributed by atoms with E-state index in [9.17, 15) is 4.79 Å². The van der Waals surface area contributed by atoms with Crippen LogP contribution >= 0.6 is 0 Å². The van der Waals surface area contributed by atoms with Crippen LogP contribution in [0.15, 0.2) is 36.5 Å². The van der Waals surface area contributed by atoms with Gasteiger partial charge in [0.15, 0.2) is 0 Å². The third kappa shape index (κ3) is 4.33. The van der Waals surface area contributed by atoms with Crippen LogP contribution in [0.2, 0.25) is 0 Å². The second-order valence-corrected chi connectivity index (χ2v) is 6.25. The number of nitrogens with one attached hydrogen (secondary N) is 1. The molecule has 1 fully saturated rings. The molecule has 1 aliphatic rings. The molecule has 0 saturated carbocycles. The maximum atomic E-state index is 12.3. The summed E-state index contributed by atoms with van der Waals surface area (Å²) in [6.45, 7) is 3.21. The number of rotatable bonds is 6. The van der Waals surface area contributed by atoms with E-state index in [1.807, 2.05) is 42.2 Å². The lowest BCUT2D eigenvalue weighted by molar-refractivity contribution is -0.133. The predicted molar refractivity (Wildman–Crippen MR) is 96.7 cm³/mol. The first-order valence-electron chi connectivity index (χ1n) is 8.62. The zero-order valence-electron chi connectivity index (χ0n) is 14.7. The van der Waals surface area contributed by atoms with Crippen molar-refractivity contribution in [1.82, 2.24) is 14.9 Å². The maximum absolute atomic E-state index is 12.3. The Morgan fingerprint density at radius 3 is 2.96 bits per heavy atom. The van der Waals surface area contributed by atoms with Crippen molar-refractivity contribution in [3.63, 3.8) is 0 Å². The highest BCUT2D eigenvalue weighted by atomic mass is 16.5. The fraction of sp³-hybridized carbons (Fsp3) is 0.421. The SMILES string of the molecule is COCCC(=O)N1CCC[C@H]1c1ccc(Nc2cccc(C)n2)cn1. The second-order valence-electron chi connectivity index (χ2n) is 6.25. The van der Waals surface area contributed by atoms with E-state index in [1.54, 1.807) is 13.3 Å². The molecular formula is C19H24N4O2. The zero-order valence-corrected chi connectivity index (χ0v) is 14.7. The van der Waals surface area contributed by atoms with Gasteiger partial charge in [-0.2, -0.15) is 0 Å². The highest BCUT2D eigenvalue weighted by Crippen LogP contribution is 2.31. The summed E-state index contributed by atoms with van der Waals surface area (Å²) in [5.74, 6) is 0.934. The fourth-order valence-corrected chi connectivity index (χ4v) is 3.14. The van der Waals surface area contributed by atoms with Crippen LogP contribution in [0, 0.1) is 6.92 Å². The van der Waals surface area contributed by atoms with Gasteiger partial charge in [-0.05, 0) is 44.0 Å². The minimum atomic E-state index is 0.0653. The summed E-state index contributed by atoms with van der Waals surface area (Å²) < 4.78 is 5.02. The summed E-state index contributed by atoms with van der Waals surface area (Å²) in [5, 5.41) is 3.25. The number of ether oxygens (including phenoxy) is 1. The topological polar surface area (TPSA) is 67.3 Å². The number of likely N-dealkylation sites (tertiary alicyclic amines) is 1. The summed E-state index contributed by atoms with van der Waals surface area (Å²) >= 11 is 0. The molecule has 6 nitrogen and oxygen atoms in total. The number of pyridine rings is 2. The molecule has 0 aromatic carbocycles. The van der Waals surface area contributed by atoms with Crippen LogP contribution in [0.4, 0.5) is 11.5 Å². The number of carbonyl (C=O) groups is 1. The van der Waals surface area contributed by atoms with Crippen LogP contribution in [0.5, 0.6) is 0 Å². The molecule has 2 aromatic heterocycles. The normalized spacial score (nSPS) is 16.9. The van der Waals surface area contributed by atoms with E-state index >= 15 is 0 Å². The smallest absolute Gasteiger partial charge is 0.225 e. The van der Waals surface area contributed by atoms with Gasteiger partial charge in [-0.3, -0.25) is 9.78 Å². The molecule has 6 heteroatoms. The van der Waals surface area contributed by atoms with Gasteiger partial charge in [0, 0.05) is 19.3 Å². The Morgan fingerprint density at radius 2 is 2.24 bits per heavy atom. The minimum absolute atomic E-state index is 0.0653. The lowest BCUT2D eigenvalue weighted by Gasteiger charge is -2.24. The highest BCUT2D eigenvalue weighted by Gasteiger charge is 2.30. The van der Waals surface area contributed by atoms with Crippen LogP contribution in [0.1, 0.15) is 36.7 Å². The number of aryl methyl sites for hydroxylation is 1. The Hall–Kier alpha value is -2.47. The van der Waals surface area contributed by atoms with Crippen LogP contribution in [0.3, 0.4) is 0 Å². The van der Waals surface area contributed by atoms with Crippen molar-refractivity contribution in [2.24, 2.45) is 0 Å². The van der Waals surface area contributed by atoms with Crippen LogP contribution < -0.4 is 5.32 Å². The quantitative estimate of drug-likeness (QED) is 0.874. The van der Waals surface area contributed by atoms with Crippen LogP contribution in [0.25, 0.3) is 0 Å². The van der Waals surface area contributed by atoms with E-state index in [0.29, 0.717) is 13.0 Å². The van der Waals surface area contributed by atoms with E-state index in [4.69, 9.17) is 4.74 Å². The van der Waals surface area contributed by atoms with E-state index < -0.39 is 0 Å². The van der Waals surface area contributed by atoms with E-state index in [1.165, 1.54) is 0 Å². The van der Waals surface area contributed by atoms with Gasteiger partial charge in [-0.25, -0.2) is 4.98 Å². The van der Waals surface area contributed by atoms with Gasteiger partial charge >= 0.3 is 0 Å². The van der Waals surface area contributed by atoms with Crippen molar-refractivity contribution in [3.05, 3.63) is 47.9 Å². The monoisotopic (exact) mass is 340 g/mol. The zero-order chi connectivity index (χ0) is 17.6. The summed E-state index contributed by atoms with van der Waals surface area (Å²) in [7, 11) is 1.62. The molecule has 3 rings (SSSR count). The summed E-state index contributed by atoms with van der Waals surface area (Å²) in [6, 6.07) is 9.90. The molecule has 0 unspecified atom stereocenters. The number of methoxy groups -OCH3 is 1. The molecule has 0 radical (unpaired) electrons. The van der Waals surface area contributed by atoms with Crippen molar-refractivity contribution in [1.29, 1.82) is 0 Å². The molecule has 132 valence electrons. The maximum Gasteiger partial charge on any atom is 0.225 e. The van der Waals surface area contributed by atoms with Crippen molar-refractivity contribution in [3.8, 4) is 0 Å². The molecule has 0 aliphatic carbocycles. The standard InChI is InChI=1S/C19H24N4O2/c1-14-5-3-7-18(21-14)22-15-8-9-16(20-13-15)17-6-4-11-23(17)19(24)10-12-25-2/h3,5,7-9,13,17H,4,6,10-12H2,1-2H3,(H,21,22)/t17-/m0/s1. The molecule has 1 atom stereocenters. The molecule has 1 amide bonds. The van der Waals surface area contributed by atoms with Crippen LogP contribution in [-0.2, 0) is 9.53 Å². The van der Waals surface area contributed by atoms with Gasteiger partial charge in [0.2, 0.25) is 5.91 Å². The summed E-state index contributed by atoms with van der Waals surface area (Å²) in [5.41, 5.74) is 2.79. The van der Waals surface area contributed by atoms with Gasteiger partial charge in [0.05, 0.1) is 36.6 Å². The number of aromatic nitrogens is 2. The first-order chi connectivity index (χ1) is 12.2. The summed E-state index contributed by atoms with van der Waals surface area (Å²) in [4.78, 5) is 23.3. The molecule has 1 saturated heterocycles. The molecule has 3 heterocycles. The number of amides is 1. The number of nitrogens with zero attached hydrogens (tertiary/aromatic N) is 3. The molecular weight excluding hydrogens is 316 g/mol. The number of anilines is 2. The van der Waals surface area contributed by atoms with Crippen molar-refractivity contribution < 1.29 is 9.53 Å².